The van der Waals surface area contributed by atoms with Gasteiger partial charge in [-0.1, -0.05) is 76.4 Å². The zero-order valence-electron chi connectivity index (χ0n) is 35.6. The number of β-amino-alcohol motifs (C(OH)–C–C–N with tert-alkyl or cyclic N) is 1. The third-order valence-electron chi connectivity index (χ3n) is 11.5. The summed E-state index contributed by atoms with van der Waals surface area (Å²) < 4.78 is 0. The van der Waals surface area contributed by atoms with Gasteiger partial charge < -0.3 is 41.3 Å². The number of carbonyl (C=O) groups excluding carboxylic acids is 4. The van der Waals surface area contributed by atoms with E-state index in [0.29, 0.717) is 56.1 Å². The van der Waals surface area contributed by atoms with Crippen LogP contribution in [0.4, 0.5) is 11.5 Å². The van der Waals surface area contributed by atoms with Gasteiger partial charge in [0.15, 0.2) is 5.82 Å². The average Bonchev–Trinajstić information content (AvgIpc) is 3.86. The van der Waals surface area contributed by atoms with Crippen molar-refractivity contribution in [2.45, 2.75) is 104 Å². The molecule has 2 fully saturated rings. The van der Waals surface area contributed by atoms with Gasteiger partial charge in [-0.15, -0.1) is 21.5 Å². The number of para-hydroxylation sites is 1. The molecule has 0 spiro atoms. The largest absolute Gasteiger partial charge is 0.507 e. The number of aromatic nitrogens is 3. The number of nitrogens with zero attached hydrogens (tertiary/aromatic N) is 6. The Bertz CT molecular complexity index is 2150. The second kappa shape index (κ2) is 20.3. The molecule has 4 amide bonds. The van der Waals surface area contributed by atoms with Gasteiger partial charge in [0.25, 0.3) is 0 Å². The van der Waals surface area contributed by atoms with E-state index in [0.717, 1.165) is 53.1 Å². The third-order valence-corrected chi connectivity index (χ3v) is 12.4. The highest BCUT2D eigenvalue weighted by atomic mass is 32.1. The quantitative estimate of drug-likeness (QED) is 0.0943. The molecular weight excluding hydrogens is 795 g/mol. The number of piperazine rings is 1. The van der Waals surface area contributed by atoms with Crippen LogP contribution in [0.5, 0.6) is 5.75 Å². The number of unbranched alkanes of at least 4 members (excludes halogenated alkanes) is 4. The number of phenols is 1. The van der Waals surface area contributed by atoms with Gasteiger partial charge in [-0.3, -0.25) is 19.2 Å². The first-order chi connectivity index (χ1) is 29.2. The number of aromatic hydroxyl groups is 1. The summed E-state index contributed by atoms with van der Waals surface area (Å²) in [5, 5.41) is 35.0. The molecule has 3 atom stereocenters. The molecule has 2 aliphatic rings. The van der Waals surface area contributed by atoms with Crippen LogP contribution in [0.1, 0.15) is 83.4 Å². The Labute approximate surface area is 361 Å². The minimum absolute atomic E-state index is 0.0160. The van der Waals surface area contributed by atoms with Crippen molar-refractivity contribution in [1.29, 1.82) is 0 Å². The summed E-state index contributed by atoms with van der Waals surface area (Å²) in [5.41, 5.74) is 12.1. The molecular formula is C45H59N9O6S. The van der Waals surface area contributed by atoms with Gasteiger partial charge in [0, 0.05) is 64.1 Å². The predicted molar refractivity (Wildman–Crippen MR) is 236 cm³/mol. The van der Waals surface area contributed by atoms with Crippen molar-refractivity contribution in [3.8, 4) is 27.4 Å². The first kappa shape index (κ1) is 44.9. The van der Waals surface area contributed by atoms with Crippen molar-refractivity contribution in [3.63, 3.8) is 0 Å². The Morgan fingerprint density at radius 1 is 0.934 bits per heavy atom. The molecule has 2 saturated heterocycles. The first-order valence-electron chi connectivity index (χ1n) is 21.2. The van der Waals surface area contributed by atoms with Crippen LogP contribution in [0.15, 0.2) is 60.1 Å². The number of phenolic OH excluding ortho intramolecular Hbond substituents is 1. The number of rotatable bonds is 16. The number of hydrogen-bond acceptors (Lipinski definition) is 12. The molecule has 61 heavy (non-hydrogen) atoms. The van der Waals surface area contributed by atoms with Crippen LogP contribution in [-0.4, -0.2) is 110 Å². The van der Waals surface area contributed by atoms with Crippen LogP contribution < -0.4 is 21.3 Å². The molecule has 15 nitrogen and oxygen atoms in total. The topological polar surface area (TPSA) is 207 Å². The SMILES string of the molecule is Cc1ncsc1-c1ccc(CNC(=O)[C@@H]2C[C@@H](O)CN2C(=O)[C@@H](NC(=O)CCCCCCCC(=O)N2CCN(c3cc(-c4ccccc4O)nnc3N)CC2)C(C)(C)C)cc1. The van der Waals surface area contributed by atoms with Crippen molar-refractivity contribution in [2.75, 3.05) is 43.4 Å². The lowest BCUT2D eigenvalue weighted by molar-refractivity contribution is -0.144. The molecule has 0 saturated carbocycles. The number of aliphatic hydroxyl groups is 1. The minimum Gasteiger partial charge on any atom is -0.507 e. The van der Waals surface area contributed by atoms with E-state index < -0.39 is 23.6 Å². The van der Waals surface area contributed by atoms with E-state index in [1.54, 1.807) is 29.5 Å². The van der Waals surface area contributed by atoms with Gasteiger partial charge in [0.2, 0.25) is 23.6 Å². The number of carbonyl (C=O) groups is 4. The summed E-state index contributed by atoms with van der Waals surface area (Å²) in [7, 11) is 0. The van der Waals surface area contributed by atoms with Crippen LogP contribution in [-0.2, 0) is 25.7 Å². The highest BCUT2D eigenvalue weighted by molar-refractivity contribution is 7.13. The van der Waals surface area contributed by atoms with Gasteiger partial charge >= 0.3 is 0 Å². The van der Waals surface area contributed by atoms with E-state index in [-0.39, 0.29) is 55.3 Å². The Morgan fingerprint density at radius 2 is 1.62 bits per heavy atom. The monoisotopic (exact) mass is 853 g/mol. The summed E-state index contributed by atoms with van der Waals surface area (Å²) in [6, 6.07) is 14.9. The number of aryl methyl sites for hydroxylation is 1. The maximum Gasteiger partial charge on any atom is 0.246 e. The summed E-state index contributed by atoms with van der Waals surface area (Å²) >= 11 is 1.58. The molecule has 4 aromatic rings. The Kier molecular flexibility index (Phi) is 15.0. The number of nitrogen functional groups attached to an aromatic ring is 1. The van der Waals surface area contributed by atoms with Gasteiger partial charge in [0.05, 0.1) is 33.6 Å². The predicted octanol–water partition coefficient (Wildman–Crippen LogP) is 5.05. The van der Waals surface area contributed by atoms with E-state index in [1.807, 2.05) is 74.5 Å². The molecule has 2 aromatic carbocycles. The molecule has 2 aromatic heterocycles. The summed E-state index contributed by atoms with van der Waals surface area (Å²) in [6.45, 7) is 10.2. The highest BCUT2D eigenvalue weighted by Gasteiger charge is 2.44. The van der Waals surface area contributed by atoms with E-state index in [1.165, 1.54) is 4.90 Å². The fraction of sp³-hybridized carbons (Fsp3) is 0.489. The van der Waals surface area contributed by atoms with Crippen LogP contribution in [0.25, 0.3) is 21.7 Å². The second-order valence-electron chi connectivity index (χ2n) is 17.1. The minimum atomic E-state index is -0.879. The maximum atomic E-state index is 14.0. The van der Waals surface area contributed by atoms with E-state index in [2.05, 4.69) is 30.7 Å². The van der Waals surface area contributed by atoms with Crippen LogP contribution >= 0.6 is 11.3 Å². The Morgan fingerprint density at radius 3 is 2.30 bits per heavy atom. The molecule has 0 bridgehead atoms. The van der Waals surface area contributed by atoms with Gasteiger partial charge in [0.1, 0.15) is 17.8 Å². The molecule has 0 aliphatic carbocycles. The number of likely N-dealkylation sites (tertiary alicyclic amines) is 1. The number of nitrogens with two attached hydrogens (primary N) is 1. The van der Waals surface area contributed by atoms with Gasteiger partial charge in [-0.2, -0.15) is 0 Å². The molecule has 0 unspecified atom stereocenters. The summed E-state index contributed by atoms with van der Waals surface area (Å²) in [5.74, 6) is -0.438. The molecule has 0 radical (unpaired) electrons. The Hall–Kier alpha value is -5.61. The maximum absolute atomic E-state index is 14.0. The number of aliphatic hydroxyl groups excluding tert-OH is 1. The van der Waals surface area contributed by atoms with Gasteiger partial charge in [-0.25, -0.2) is 4.98 Å². The van der Waals surface area contributed by atoms with Crippen molar-refractivity contribution in [2.24, 2.45) is 5.41 Å². The van der Waals surface area contributed by atoms with E-state index >= 15 is 0 Å². The molecule has 2 aliphatic heterocycles. The lowest BCUT2D eigenvalue weighted by Gasteiger charge is -2.36. The van der Waals surface area contributed by atoms with Gasteiger partial charge in [-0.05, 0) is 54.5 Å². The van der Waals surface area contributed by atoms with Crippen LogP contribution in [0, 0.1) is 12.3 Å². The smallest absolute Gasteiger partial charge is 0.246 e. The summed E-state index contributed by atoms with van der Waals surface area (Å²) in [4.78, 5) is 64.4. The normalized spacial score (nSPS) is 17.3. The Balaban J connectivity index is 0.890. The van der Waals surface area contributed by atoms with Crippen molar-refractivity contribution < 1.29 is 29.4 Å². The average molecular weight is 854 g/mol. The van der Waals surface area contributed by atoms with Crippen LogP contribution in [0.2, 0.25) is 0 Å². The number of nitrogens with one attached hydrogen (secondary N) is 2. The number of anilines is 2. The van der Waals surface area contributed by atoms with Crippen molar-refractivity contribution in [1.82, 2.24) is 35.6 Å². The third kappa shape index (κ3) is 11.6. The zero-order chi connectivity index (χ0) is 43.7. The number of hydrogen-bond donors (Lipinski definition) is 5. The molecule has 4 heterocycles. The fourth-order valence-electron chi connectivity index (χ4n) is 7.93. The van der Waals surface area contributed by atoms with Crippen molar-refractivity contribution >= 4 is 46.5 Å². The molecule has 6 rings (SSSR count). The fourth-order valence-corrected chi connectivity index (χ4v) is 8.74. The van der Waals surface area contributed by atoms with E-state index in [4.69, 9.17) is 5.73 Å². The van der Waals surface area contributed by atoms with Crippen LogP contribution in [0.3, 0.4) is 0 Å². The number of thiazole rings is 1. The lowest BCUT2D eigenvalue weighted by atomic mass is 9.85. The molecule has 6 N–H and O–H groups in total. The number of amides is 4. The molecule has 16 heteroatoms. The number of benzene rings is 2. The highest BCUT2D eigenvalue weighted by Crippen LogP contribution is 2.32. The van der Waals surface area contributed by atoms with E-state index in [9.17, 15) is 29.4 Å². The zero-order valence-corrected chi connectivity index (χ0v) is 36.4. The summed E-state index contributed by atoms with van der Waals surface area (Å²) in [6.07, 6.45) is 3.94. The lowest BCUT2D eigenvalue weighted by Crippen LogP contribution is -2.57. The standard InChI is InChI=1S/C45H59N9O6S/c1-29-40(61-28-48-29)31-18-16-30(17-19-31)26-47-43(59)36-24-32(55)27-54(36)44(60)41(45(2,3)4)49-38(57)14-8-6-5-7-9-15-39(58)53-22-20-52(21-23-53)35-25-34(50-51-42(35)46)33-12-10-11-13-37(33)56/h10-13,16-19,25,28,32,36,41,55-56H,5-9,14-15,20-24,26-27H2,1-4H3,(H2,46,51)(H,47,59)(H,49,57)/t32-,36+,41-/m1/s1. The second-order valence-corrected chi connectivity index (χ2v) is 18.0. The first-order valence-corrected chi connectivity index (χ1v) is 22.1. The van der Waals surface area contributed by atoms with Crippen molar-refractivity contribution in [3.05, 3.63) is 71.4 Å². The molecule has 326 valence electrons.